The molecule has 0 saturated carbocycles. The zero-order chi connectivity index (χ0) is 16.8. The quantitative estimate of drug-likeness (QED) is 0.886. The summed E-state index contributed by atoms with van der Waals surface area (Å²) >= 11 is 0. The smallest absolute Gasteiger partial charge is 0.0751 e. The van der Waals surface area contributed by atoms with Crippen molar-refractivity contribution in [3.8, 4) is 0 Å². The molecule has 0 radical (unpaired) electrons. The van der Waals surface area contributed by atoms with Crippen LogP contribution in [0.2, 0.25) is 0 Å². The number of hydrogen-bond donors (Lipinski definition) is 1. The molecule has 0 aliphatic carbocycles. The van der Waals surface area contributed by atoms with E-state index in [9.17, 15) is 0 Å². The first-order valence-corrected chi connectivity index (χ1v) is 8.78. The van der Waals surface area contributed by atoms with Crippen LogP contribution in [-0.2, 0) is 4.74 Å². The lowest BCUT2D eigenvalue weighted by atomic mass is 10.0. The van der Waals surface area contributed by atoms with Gasteiger partial charge in [-0.25, -0.2) is 0 Å². The number of hydrogen-bond acceptors (Lipinski definition) is 4. The van der Waals surface area contributed by atoms with Gasteiger partial charge in [0.15, 0.2) is 0 Å². The maximum atomic E-state index is 5.55. The molecule has 4 nitrogen and oxygen atoms in total. The van der Waals surface area contributed by atoms with E-state index in [0.717, 1.165) is 32.0 Å². The SMILES string of the molecule is C[C@H](CN[C@@H](c1ccccc1)c1ccccn1)N1CCOC[C@H]1C. The van der Waals surface area contributed by atoms with Crippen LogP contribution < -0.4 is 5.32 Å². The van der Waals surface area contributed by atoms with E-state index in [-0.39, 0.29) is 6.04 Å². The lowest BCUT2D eigenvalue weighted by Crippen LogP contribution is -2.51. The Labute approximate surface area is 144 Å². The van der Waals surface area contributed by atoms with Gasteiger partial charge in [0.05, 0.1) is 24.9 Å². The molecule has 24 heavy (non-hydrogen) atoms. The summed E-state index contributed by atoms with van der Waals surface area (Å²) in [5, 5.41) is 3.72. The van der Waals surface area contributed by atoms with Gasteiger partial charge in [-0.15, -0.1) is 0 Å². The molecule has 1 aromatic heterocycles. The molecule has 2 aromatic rings. The van der Waals surface area contributed by atoms with Crippen molar-refractivity contribution < 1.29 is 4.74 Å². The maximum absolute atomic E-state index is 5.55. The van der Waals surface area contributed by atoms with Gasteiger partial charge in [0.1, 0.15) is 0 Å². The average molecular weight is 325 g/mol. The highest BCUT2D eigenvalue weighted by Crippen LogP contribution is 2.20. The average Bonchev–Trinajstić information content (AvgIpc) is 2.64. The Morgan fingerprint density at radius 3 is 2.71 bits per heavy atom. The maximum Gasteiger partial charge on any atom is 0.0751 e. The first-order valence-electron chi connectivity index (χ1n) is 8.78. The van der Waals surface area contributed by atoms with Gasteiger partial charge in [0, 0.05) is 31.4 Å². The Kier molecular flexibility index (Phi) is 5.96. The van der Waals surface area contributed by atoms with E-state index in [1.807, 2.05) is 18.3 Å². The summed E-state index contributed by atoms with van der Waals surface area (Å²) in [5.41, 5.74) is 2.31. The van der Waals surface area contributed by atoms with Crippen molar-refractivity contribution in [3.63, 3.8) is 0 Å². The Morgan fingerprint density at radius 1 is 1.21 bits per heavy atom. The number of ether oxygens (including phenoxy) is 1. The number of aromatic nitrogens is 1. The fourth-order valence-electron chi connectivity index (χ4n) is 3.39. The van der Waals surface area contributed by atoms with Crippen LogP contribution in [0.3, 0.4) is 0 Å². The van der Waals surface area contributed by atoms with E-state index in [1.54, 1.807) is 0 Å². The lowest BCUT2D eigenvalue weighted by Gasteiger charge is -2.38. The van der Waals surface area contributed by atoms with Gasteiger partial charge < -0.3 is 10.1 Å². The van der Waals surface area contributed by atoms with E-state index in [0.29, 0.717) is 12.1 Å². The van der Waals surface area contributed by atoms with Crippen molar-refractivity contribution in [3.05, 3.63) is 66.0 Å². The van der Waals surface area contributed by atoms with Crippen LogP contribution in [0.15, 0.2) is 54.7 Å². The Bertz CT molecular complexity index is 565. The Hall–Kier alpha value is -1.75. The van der Waals surface area contributed by atoms with Crippen molar-refractivity contribution >= 4 is 0 Å². The fraction of sp³-hybridized carbons (Fsp3) is 0.450. The summed E-state index contributed by atoms with van der Waals surface area (Å²) in [4.78, 5) is 7.09. The van der Waals surface area contributed by atoms with Gasteiger partial charge in [-0.05, 0) is 31.5 Å². The van der Waals surface area contributed by atoms with Gasteiger partial charge in [-0.2, -0.15) is 0 Å². The zero-order valence-corrected chi connectivity index (χ0v) is 14.6. The summed E-state index contributed by atoms with van der Waals surface area (Å²) in [5.74, 6) is 0. The molecule has 2 heterocycles. The topological polar surface area (TPSA) is 37.4 Å². The first kappa shape index (κ1) is 17.1. The Morgan fingerprint density at radius 2 is 2.00 bits per heavy atom. The molecule has 1 aliphatic rings. The van der Waals surface area contributed by atoms with E-state index < -0.39 is 0 Å². The third kappa shape index (κ3) is 4.20. The summed E-state index contributed by atoms with van der Waals surface area (Å²) in [7, 11) is 0. The van der Waals surface area contributed by atoms with Gasteiger partial charge >= 0.3 is 0 Å². The Balaban J connectivity index is 1.70. The minimum absolute atomic E-state index is 0.117. The van der Waals surface area contributed by atoms with Gasteiger partial charge in [-0.3, -0.25) is 9.88 Å². The minimum atomic E-state index is 0.117. The van der Waals surface area contributed by atoms with Crippen LogP contribution in [0.25, 0.3) is 0 Å². The second-order valence-electron chi connectivity index (χ2n) is 6.52. The number of pyridine rings is 1. The predicted molar refractivity (Wildman–Crippen MR) is 97.0 cm³/mol. The van der Waals surface area contributed by atoms with Gasteiger partial charge in [0.25, 0.3) is 0 Å². The number of benzene rings is 1. The first-order chi connectivity index (χ1) is 11.8. The van der Waals surface area contributed by atoms with E-state index in [1.165, 1.54) is 5.56 Å². The highest BCUT2D eigenvalue weighted by atomic mass is 16.5. The normalized spacial score (nSPS) is 21.3. The van der Waals surface area contributed by atoms with Crippen LogP contribution in [0.5, 0.6) is 0 Å². The monoisotopic (exact) mass is 325 g/mol. The number of nitrogens with zero attached hydrogens (tertiary/aromatic N) is 2. The largest absolute Gasteiger partial charge is 0.379 e. The third-order valence-electron chi connectivity index (χ3n) is 4.72. The molecule has 4 heteroatoms. The van der Waals surface area contributed by atoms with Gasteiger partial charge in [0.2, 0.25) is 0 Å². The molecule has 3 atom stereocenters. The lowest BCUT2D eigenvalue weighted by molar-refractivity contribution is -0.0183. The van der Waals surface area contributed by atoms with Crippen molar-refractivity contribution in [1.82, 2.24) is 15.2 Å². The van der Waals surface area contributed by atoms with Crippen molar-refractivity contribution in [2.45, 2.75) is 32.0 Å². The summed E-state index contributed by atoms with van der Waals surface area (Å²) in [6, 6.07) is 17.7. The number of rotatable bonds is 6. The zero-order valence-electron chi connectivity index (χ0n) is 14.6. The second kappa shape index (κ2) is 8.38. The molecule has 1 aromatic carbocycles. The minimum Gasteiger partial charge on any atom is -0.379 e. The summed E-state index contributed by atoms with van der Waals surface area (Å²) < 4.78 is 5.55. The standard InChI is InChI=1S/C20H27N3O/c1-16(23-12-13-24-15-17(23)2)14-22-20(18-8-4-3-5-9-18)19-10-6-7-11-21-19/h3-11,16-17,20,22H,12-15H2,1-2H3/t16-,17-,20+/m1/s1. The molecule has 0 spiro atoms. The summed E-state index contributed by atoms with van der Waals surface area (Å²) in [6.07, 6.45) is 1.86. The van der Waals surface area contributed by atoms with Crippen molar-refractivity contribution in [2.75, 3.05) is 26.3 Å². The van der Waals surface area contributed by atoms with Crippen LogP contribution in [-0.4, -0.2) is 48.3 Å². The molecule has 0 amide bonds. The highest BCUT2D eigenvalue weighted by molar-refractivity contribution is 5.27. The molecular formula is C20H27N3O. The molecule has 3 rings (SSSR count). The molecule has 0 unspecified atom stereocenters. The van der Waals surface area contributed by atoms with E-state index in [2.05, 4.69) is 65.4 Å². The van der Waals surface area contributed by atoms with Gasteiger partial charge in [-0.1, -0.05) is 36.4 Å². The fourth-order valence-corrected chi connectivity index (χ4v) is 3.39. The third-order valence-corrected chi connectivity index (χ3v) is 4.72. The van der Waals surface area contributed by atoms with E-state index >= 15 is 0 Å². The van der Waals surface area contributed by atoms with Crippen LogP contribution >= 0.6 is 0 Å². The van der Waals surface area contributed by atoms with Crippen LogP contribution in [0, 0.1) is 0 Å². The molecule has 1 aliphatic heterocycles. The molecular weight excluding hydrogens is 298 g/mol. The summed E-state index contributed by atoms with van der Waals surface area (Å²) in [6.45, 7) is 8.10. The van der Waals surface area contributed by atoms with Crippen molar-refractivity contribution in [2.24, 2.45) is 0 Å². The molecule has 0 bridgehead atoms. The molecule has 1 fully saturated rings. The molecule has 1 N–H and O–H groups in total. The predicted octanol–water partition coefficient (Wildman–Crippen LogP) is 2.87. The van der Waals surface area contributed by atoms with Crippen LogP contribution in [0.1, 0.15) is 31.1 Å². The molecule has 1 saturated heterocycles. The second-order valence-corrected chi connectivity index (χ2v) is 6.52. The van der Waals surface area contributed by atoms with Crippen molar-refractivity contribution in [1.29, 1.82) is 0 Å². The van der Waals surface area contributed by atoms with Crippen LogP contribution in [0.4, 0.5) is 0 Å². The molecule has 128 valence electrons. The van der Waals surface area contributed by atoms with E-state index in [4.69, 9.17) is 4.74 Å². The number of morpholine rings is 1. The number of nitrogens with one attached hydrogen (secondary N) is 1. The highest BCUT2D eigenvalue weighted by Gasteiger charge is 2.24.